The van der Waals surface area contributed by atoms with Crippen molar-refractivity contribution in [3.8, 4) is 0 Å². The highest BCUT2D eigenvalue weighted by Gasteiger charge is 2.55. The van der Waals surface area contributed by atoms with Gasteiger partial charge < -0.3 is 15.6 Å². The predicted octanol–water partition coefficient (Wildman–Crippen LogP) is -0.813. The number of benzene rings is 1. The minimum absolute atomic E-state index is 0.102. The van der Waals surface area contributed by atoms with Gasteiger partial charge in [0.1, 0.15) is 4.90 Å². The summed E-state index contributed by atoms with van der Waals surface area (Å²) in [4.78, 5) is 20.5. The zero-order valence-electron chi connectivity index (χ0n) is 12.2. The van der Waals surface area contributed by atoms with Gasteiger partial charge in [0.05, 0.1) is 0 Å². The average Bonchev–Trinajstić information content (AvgIpc) is 2.51. The molecule has 0 saturated carbocycles. The fourth-order valence-corrected chi connectivity index (χ4v) is 3.99. The van der Waals surface area contributed by atoms with E-state index in [0.29, 0.717) is 24.3 Å². The lowest BCUT2D eigenvalue weighted by molar-refractivity contribution is -0.555. The average molecular weight is 418 g/mol. The number of amides is 1. The van der Waals surface area contributed by atoms with Crippen molar-refractivity contribution in [1.29, 1.82) is 0 Å². The summed E-state index contributed by atoms with van der Waals surface area (Å²) in [6.07, 6.45) is 1.14. The van der Waals surface area contributed by atoms with Gasteiger partial charge in [0.25, 0.3) is 0 Å². The van der Waals surface area contributed by atoms with E-state index in [4.69, 9.17) is 5.11 Å². The van der Waals surface area contributed by atoms with Crippen LogP contribution in [0.4, 0.5) is 18.9 Å². The number of carboxylic acids is 1. The van der Waals surface area contributed by atoms with Crippen molar-refractivity contribution in [1.82, 2.24) is 0 Å². The molecule has 0 aromatic heterocycles. The highest BCUT2D eigenvalue weighted by Crippen LogP contribution is 2.21. The first-order valence-corrected chi connectivity index (χ1v) is 9.08. The molecular weight excluding hydrogens is 409 g/mol. The molecule has 1 amide bonds. The minimum atomic E-state index is -6.59. The number of halogens is 3. The van der Waals surface area contributed by atoms with Gasteiger partial charge in [-0.05, 0) is 24.3 Å². The molecule has 1 aromatic rings. The van der Waals surface area contributed by atoms with Crippen LogP contribution in [-0.4, -0.2) is 39.3 Å². The van der Waals surface area contributed by atoms with Gasteiger partial charge in [-0.3, -0.25) is 4.79 Å². The third-order valence-corrected chi connectivity index (χ3v) is 6.25. The monoisotopic (exact) mass is 418 g/mol. The second-order valence-electron chi connectivity index (χ2n) is 4.39. The molecule has 0 aliphatic carbocycles. The highest BCUT2D eigenvalue weighted by atomic mass is 32.3. The van der Waals surface area contributed by atoms with Crippen LogP contribution >= 0.6 is 0 Å². The van der Waals surface area contributed by atoms with Crippen LogP contribution in [0, 0.1) is 5.21 Å². The van der Waals surface area contributed by atoms with Crippen LogP contribution < -0.4 is 9.19 Å². The largest absolute Gasteiger partial charge is 0.602 e. The molecule has 1 aromatic carbocycles. The zero-order valence-corrected chi connectivity index (χ0v) is 13.9. The molecule has 15 heteroatoms. The molecule has 144 valence electrons. The van der Waals surface area contributed by atoms with Gasteiger partial charge in [0.2, 0.25) is 5.91 Å². The van der Waals surface area contributed by atoms with Crippen molar-refractivity contribution < 1.29 is 48.6 Å². The van der Waals surface area contributed by atoms with Crippen molar-refractivity contribution in [2.24, 2.45) is 0 Å². The fraction of sp³-hybridized carbons (Fsp3) is 0.0909. The van der Waals surface area contributed by atoms with E-state index in [-0.39, 0.29) is 5.69 Å². The number of rotatable bonds is 6. The van der Waals surface area contributed by atoms with Crippen LogP contribution in [-0.2, 0) is 29.6 Å². The van der Waals surface area contributed by atoms with Gasteiger partial charge in [-0.1, -0.05) is 0 Å². The van der Waals surface area contributed by atoms with Crippen LogP contribution in [0.1, 0.15) is 0 Å². The molecule has 0 heterocycles. The first kappa shape index (κ1) is 21.6. The number of quaternary nitrogens is 1. The number of hydrogen-bond acceptors (Lipinski definition) is 7. The molecule has 26 heavy (non-hydrogen) atoms. The number of anilines is 1. The number of carboxylic acid groups (broad SMARTS) is 1. The Morgan fingerprint density at radius 3 is 2.00 bits per heavy atom. The number of sulfonamides is 2. The maximum atomic E-state index is 12.3. The van der Waals surface area contributed by atoms with Crippen LogP contribution in [0.15, 0.2) is 41.3 Å². The summed E-state index contributed by atoms with van der Waals surface area (Å²) in [6.45, 7) is 0. The number of hydrogen-bond donors (Lipinski definition) is 3. The van der Waals surface area contributed by atoms with E-state index in [2.05, 4.69) is 5.32 Å². The van der Waals surface area contributed by atoms with Crippen LogP contribution in [0.5, 0.6) is 0 Å². The number of carbonyl (C=O) groups excluding carboxylic acids is 1. The normalized spacial score (nSPS) is 14.2. The standard InChI is InChI=1S/C11H9F3N2O8S2/c12-11(13,14)26(23,24)16(20)25(21,22)8-3-1-7(2-4-8)15-9(17)5-6-10(18)19/h1-6,16H,(H,15,17)(H,18,19)/b6-5-. The van der Waals surface area contributed by atoms with Crippen molar-refractivity contribution in [2.75, 3.05) is 5.32 Å². The quantitative estimate of drug-likeness (QED) is 0.399. The molecule has 0 bridgehead atoms. The molecule has 0 spiro atoms. The molecule has 0 fully saturated rings. The van der Waals surface area contributed by atoms with E-state index in [0.717, 1.165) is 12.1 Å². The van der Waals surface area contributed by atoms with E-state index in [9.17, 15) is 44.8 Å². The molecule has 10 nitrogen and oxygen atoms in total. The summed E-state index contributed by atoms with van der Waals surface area (Å²) in [7, 11) is -12.1. The van der Waals surface area contributed by atoms with Crippen LogP contribution in [0.25, 0.3) is 0 Å². The Hall–Kier alpha value is -2.49. The Labute approximate surface area is 144 Å². The fourth-order valence-electron chi connectivity index (χ4n) is 1.38. The Morgan fingerprint density at radius 2 is 1.58 bits per heavy atom. The van der Waals surface area contributed by atoms with Gasteiger partial charge in [-0.2, -0.15) is 30.0 Å². The Kier molecular flexibility index (Phi) is 6.14. The summed E-state index contributed by atoms with van der Waals surface area (Å²) < 4.78 is 79.2. The lowest BCUT2D eigenvalue weighted by Crippen LogP contribution is -3.12. The molecule has 1 rings (SSSR count). The molecule has 1 unspecified atom stereocenters. The number of aliphatic carboxylic acids is 1. The first-order chi connectivity index (χ1) is 11.7. The van der Waals surface area contributed by atoms with E-state index in [1.807, 2.05) is 0 Å². The lowest BCUT2D eigenvalue weighted by atomic mass is 10.3. The smallest absolute Gasteiger partial charge is 0.550 e. The van der Waals surface area contributed by atoms with Crippen LogP contribution in [0.3, 0.4) is 0 Å². The Bertz CT molecular complexity index is 937. The van der Waals surface area contributed by atoms with Crippen molar-refractivity contribution in [2.45, 2.75) is 10.4 Å². The maximum Gasteiger partial charge on any atom is 0.550 e. The number of alkyl halides is 3. The summed E-state index contributed by atoms with van der Waals surface area (Å²) in [5.74, 6) is -2.33. The van der Waals surface area contributed by atoms with E-state index < -0.39 is 46.2 Å². The van der Waals surface area contributed by atoms with Gasteiger partial charge in [-0.15, -0.1) is 3.87 Å². The summed E-state index contributed by atoms with van der Waals surface area (Å²) in [5.41, 5.74) is -6.18. The molecule has 0 radical (unpaired) electrons. The zero-order chi connectivity index (χ0) is 20.3. The van der Waals surface area contributed by atoms with Crippen molar-refractivity contribution >= 4 is 37.6 Å². The van der Waals surface area contributed by atoms with Crippen molar-refractivity contribution in [3.05, 3.63) is 41.6 Å². The van der Waals surface area contributed by atoms with Gasteiger partial charge in [0, 0.05) is 17.8 Å². The number of nitrogens with one attached hydrogen (secondary N) is 2. The molecule has 1 atom stereocenters. The lowest BCUT2D eigenvalue weighted by Gasteiger charge is -2.21. The van der Waals surface area contributed by atoms with E-state index >= 15 is 0 Å². The predicted molar refractivity (Wildman–Crippen MR) is 78.3 cm³/mol. The van der Waals surface area contributed by atoms with E-state index in [1.165, 1.54) is 0 Å². The third kappa shape index (κ3) is 4.78. The highest BCUT2D eigenvalue weighted by molar-refractivity contribution is 7.97. The molecule has 0 aliphatic rings. The third-order valence-electron chi connectivity index (χ3n) is 2.55. The van der Waals surface area contributed by atoms with Gasteiger partial charge in [0.15, 0.2) is 0 Å². The first-order valence-electron chi connectivity index (χ1n) is 6.12. The van der Waals surface area contributed by atoms with Crippen LogP contribution in [0.2, 0.25) is 0 Å². The van der Waals surface area contributed by atoms with Gasteiger partial charge >= 0.3 is 31.5 Å². The molecule has 0 saturated heterocycles. The summed E-state index contributed by atoms with van der Waals surface area (Å²) >= 11 is 0. The summed E-state index contributed by atoms with van der Waals surface area (Å²) in [6, 6.07) is 2.89. The molecule has 0 aliphatic heterocycles. The maximum absolute atomic E-state index is 12.3. The summed E-state index contributed by atoms with van der Waals surface area (Å²) in [5, 5.41) is 21.7. The van der Waals surface area contributed by atoms with E-state index in [1.54, 1.807) is 0 Å². The van der Waals surface area contributed by atoms with Gasteiger partial charge in [-0.25, -0.2) is 4.79 Å². The SMILES string of the molecule is O=C(O)/C=C\C(=O)Nc1ccc(S(=O)(=O)[NH+]([O-])S(=O)(=O)C(F)(F)F)cc1. The Morgan fingerprint density at radius 1 is 1.08 bits per heavy atom. The molecule has 3 N–H and O–H groups in total. The minimum Gasteiger partial charge on any atom is -0.602 e. The van der Waals surface area contributed by atoms with Crippen molar-refractivity contribution in [3.63, 3.8) is 0 Å². The molecular formula is C11H9F3N2O8S2. The topological polar surface area (TPSA) is 162 Å². The number of carbonyl (C=O) groups is 2. The second kappa shape index (κ2) is 7.40. The Balaban J connectivity index is 3.07. The second-order valence-corrected chi connectivity index (χ2v) is 8.34.